The first kappa shape index (κ1) is 53.9. The largest absolute Gasteiger partial charge is 0.469 e. The van der Waals surface area contributed by atoms with E-state index in [0.29, 0.717) is 42.8 Å². The number of aryl methyl sites for hydroxylation is 2. The number of ether oxygens (including phenoxy) is 2. The van der Waals surface area contributed by atoms with E-state index in [1.54, 1.807) is 12.1 Å². The molecule has 0 unspecified atom stereocenters. The Morgan fingerprint density at radius 3 is 1.10 bits per heavy atom. The molecule has 8 aromatic rings. The number of hydrogen-bond donors (Lipinski definition) is 2. The zero-order chi connectivity index (χ0) is 51.8. The SMILES string of the molecule is CC(=O)Nc1ccc(-c2nnc(-c3ccc(C(C)(C)C)cc3)o2)cc1.COC(=O)CCc1ccc(I)cc1.COC(=O)CCc1ccc(Nc2ccc(-c3nnc(-c4ccc(C(C)(C)C)cc4)o3)cc2)cc1. The minimum atomic E-state index is -0.200. The van der Waals surface area contributed by atoms with E-state index in [1.807, 2.05) is 109 Å². The van der Waals surface area contributed by atoms with Crippen LogP contribution >= 0.6 is 22.6 Å². The Hall–Kier alpha value is -7.46. The van der Waals surface area contributed by atoms with Crippen LogP contribution in [0.15, 0.2) is 154 Å². The first-order valence-corrected chi connectivity index (χ1v) is 24.6. The average molecular weight is 1080 g/mol. The number of nitrogens with zero attached hydrogens (tertiary/aromatic N) is 4. The van der Waals surface area contributed by atoms with Crippen LogP contribution in [0.5, 0.6) is 0 Å². The topological polar surface area (TPSA) is 172 Å². The third-order valence-corrected chi connectivity index (χ3v) is 12.0. The highest BCUT2D eigenvalue weighted by Crippen LogP contribution is 2.30. The third kappa shape index (κ3) is 16.3. The summed E-state index contributed by atoms with van der Waals surface area (Å²) in [5.74, 6) is 1.46. The molecule has 0 saturated heterocycles. The summed E-state index contributed by atoms with van der Waals surface area (Å²) in [6.07, 6.45) is 2.25. The average Bonchev–Trinajstić information content (AvgIpc) is 4.08. The number of aromatic nitrogens is 4. The van der Waals surface area contributed by atoms with Gasteiger partial charge in [0.1, 0.15) is 0 Å². The van der Waals surface area contributed by atoms with Gasteiger partial charge in [-0.2, -0.15) is 0 Å². The number of esters is 2. The quantitative estimate of drug-likeness (QED) is 0.0828. The number of methoxy groups -OCH3 is 2. The number of carbonyl (C=O) groups is 3. The Labute approximate surface area is 435 Å². The molecule has 14 heteroatoms. The van der Waals surface area contributed by atoms with Gasteiger partial charge in [0, 0.05) is 62.7 Å². The van der Waals surface area contributed by atoms with Gasteiger partial charge in [0.05, 0.1) is 14.2 Å². The highest BCUT2D eigenvalue weighted by Gasteiger charge is 2.17. The molecule has 0 aliphatic rings. The van der Waals surface area contributed by atoms with Crippen LogP contribution < -0.4 is 10.6 Å². The number of nitrogens with one attached hydrogen (secondary N) is 2. The lowest BCUT2D eigenvalue weighted by Gasteiger charge is -2.18. The normalized spacial score (nSPS) is 11.0. The van der Waals surface area contributed by atoms with Gasteiger partial charge < -0.3 is 28.9 Å². The van der Waals surface area contributed by atoms with E-state index < -0.39 is 0 Å². The summed E-state index contributed by atoms with van der Waals surface area (Å²) >= 11 is 2.25. The Kier molecular flexibility index (Phi) is 18.8. The summed E-state index contributed by atoms with van der Waals surface area (Å²) in [6, 6.07) is 47.7. The summed E-state index contributed by atoms with van der Waals surface area (Å²) in [5.41, 5.74) is 11.1. The molecule has 0 bridgehead atoms. The second-order valence-electron chi connectivity index (χ2n) is 18.9. The zero-order valence-corrected chi connectivity index (χ0v) is 44.4. The molecule has 0 aliphatic heterocycles. The van der Waals surface area contributed by atoms with Crippen molar-refractivity contribution >= 4 is 57.5 Å². The Morgan fingerprint density at radius 2 is 0.778 bits per heavy atom. The summed E-state index contributed by atoms with van der Waals surface area (Å²) in [7, 11) is 2.82. The fraction of sp³-hybridized carbons (Fsp3) is 0.259. The van der Waals surface area contributed by atoms with E-state index in [4.69, 9.17) is 8.83 Å². The molecule has 0 radical (unpaired) electrons. The number of carbonyl (C=O) groups excluding carboxylic acids is 3. The minimum absolute atomic E-state index is 0.0981. The molecule has 0 saturated carbocycles. The van der Waals surface area contributed by atoms with Crippen molar-refractivity contribution in [3.8, 4) is 45.8 Å². The van der Waals surface area contributed by atoms with Crippen molar-refractivity contribution < 1.29 is 32.7 Å². The van der Waals surface area contributed by atoms with Crippen molar-refractivity contribution in [2.45, 2.75) is 85.0 Å². The summed E-state index contributed by atoms with van der Waals surface area (Å²) in [6.45, 7) is 14.6. The maximum Gasteiger partial charge on any atom is 0.305 e. The third-order valence-electron chi connectivity index (χ3n) is 11.3. The van der Waals surface area contributed by atoms with Crippen LogP contribution in [-0.4, -0.2) is 52.5 Å². The van der Waals surface area contributed by atoms with E-state index in [2.05, 4.69) is 129 Å². The van der Waals surface area contributed by atoms with Gasteiger partial charge in [-0.3, -0.25) is 14.4 Å². The maximum atomic E-state index is 11.3. The van der Waals surface area contributed by atoms with Crippen molar-refractivity contribution in [3.63, 3.8) is 0 Å². The van der Waals surface area contributed by atoms with Gasteiger partial charge in [-0.05, 0) is 166 Å². The standard InChI is InChI=1S/C28H29N3O3.C20H21N3O2.C10H11IO2/c1-28(2,3)22-12-8-20(9-13-22)26-30-31-27(34-26)21-10-16-24(17-11-21)29-23-14-5-19(6-15-23)7-18-25(32)33-4;1-13(24)21-17-11-7-15(8-12-17)19-23-22-18(25-19)14-5-9-16(10-6-14)20(2,3)4;1-13-10(12)7-4-8-2-5-9(11)6-3-8/h5-6,8-17,29H,7,18H2,1-4H3;5-12H,1-4H3,(H,21,24);2-3,5-6H,4,7H2,1H3. The lowest BCUT2D eigenvalue weighted by molar-refractivity contribution is -0.141. The fourth-order valence-electron chi connectivity index (χ4n) is 7.00. The molecule has 2 N–H and O–H groups in total. The van der Waals surface area contributed by atoms with Gasteiger partial charge >= 0.3 is 11.9 Å². The Morgan fingerprint density at radius 1 is 0.472 bits per heavy atom. The molecule has 0 spiro atoms. The number of amides is 1. The van der Waals surface area contributed by atoms with Crippen LogP contribution in [0.25, 0.3) is 45.8 Å². The molecule has 0 aliphatic carbocycles. The molecule has 72 heavy (non-hydrogen) atoms. The van der Waals surface area contributed by atoms with Crippen LogP contribution in [0, 0.1) is 3.57 Å². The summed E-state index contributed by atoms with van der Waals surface area (Å²) in [4.78, 5) is 33.2. The van der Waals surface area contributed by atoms with E-state index in [1.165, 1.54) is 41.4 Å². The zero-order valence-electron chi connectivity index (χ0n) is 42.2. The monoisotopic (exact) mass is 1080 g/mol. The van der Waals surface area contributed by atoms with Crippen molar-refractivity contribution in [1.29, 1.82) is 0 Å². The van der Waals surface area contributed by atoms with Gasteiger partial charge in [0.15, 0.2) is 0 Å². The van der Waals surface area contributed by atoms with Gasteiger partial charge in [-0.1, -0.05) is 90.1 Å². The number of anilines is 3. The molecular formula is C58H61IN6O7. The van der Waals surface area contributed by atoms with Crippen molar-refractivity contribution in [2.75, 3.05) is 24.9 Å². The van der Waals surface area contributed by atoms with Gasteiger partial charge in [-0.15, -0.1) is 20.4 Å². The van der Waals surface area contributed by atoms with E-state index in [9.17, 15) is 14.4 Å². The lowest BCUT2D eigenvalue weighted by atomic mass is 9.87. The molecule has 0 atom stereocenters. The second-order valence-corrected chi connectivity index (χ2v) is 20.2. The molecule has 2 heterocycles. The van der Waals surface area contributed by atoms with E-state index in [-0.39, 0.29) is 28.7 Å². The molecule has 13 nitrogen and oxygen atoms in total. The number of hydrogen-bond acceptors (Lipinski definition) is 12. The van der Waals surface area contributed by atoms with Crippen molar-refractivity contribution in [1.82, 2.24) is 20.4 Å². The number of halogens is 1. The highest BCUT2D eigenvalue weighted by atomic mass is 127. The highest BCUT2D eigenvalue weighted by molar-refractivity contribution is 14.1. The molecule has 2 aromatic heterocycles. The van der Waals surface area contributed by atoms with Crippen molar-refractivity contribution in [2.24, 2.45) is 0 Å². The number of benzene rings is 6. The number of rotatable bonds is 13. The Bertz CT molecular complexity index is 2990. The van der Waals surface area contributed by atoms with Crippen LogP contribution in [-0.2, 0) is 47.5 Å². The smallest absolute Gasteiger partial charge is 0.305 e. The first-order chi connectivity index (χ1) is 34.4. The van der Waals surface area contributed by atoms with E-state index >= 15 is 0 Å². The van der Waals surface area contributed by atoms with Crippen LogP contribution in [0.4, 0.5) is 17.1 Å². The van der Waals surface area contributed by atoms with E-state index in [0.717, 1.165) is 51.3 Å². The van der Waals surface area contributed by atoms with Gasteiger partial charge in [0.25, 0.3) is 0 Å². The summed E-state index contributed by atoms with van der Waals surface area (Å²) in [5, 5.41) is 22.8. The first-order valence-electron chi connectivity index (χ1n) is 23.5. The minimum Gasteiger partial charge on any atom is -0.469 e. The van der Waals surface area contributed by atoms with Crippen LogP contribution in [0.1, 0.15) is 83.6 Å². The predicted octanol–water partition coefficient (Wildman–Crippen LogP) is 13.6. The molecule has 6 aromatic carbocycles. The molecule has 372 valence electrons. The fourth-order valence-corrected chi connectivity index (χ4v) is 7.36. The summed E-state index contributed by atoms with van der Waals surface area (Å²) < 4.78 is 22.2. The molecular weight excluding hydrogens is 1020 g/mol. The molecule has 8 rings (SSSR count). The predicted molar refractivity (Wildman–Crippen MR) is 292 cm³/mol. The lowest BCUT2D eigenvalue weighted by Crippen LogP contribution is -2.10. The van der Waals surface area contributed by atoms with Crippen LogP contribution in [0.3, 0.4) is 0 Å². The van der Waals surface area contributed by atoms with Crippen molar-refractivity contribution in [3.05, 3.63) is 171 Å². The van der Waals surface area contributed by atoms with Gasteiger partial charge in [-0.25, -0.2) is 0 Å². The van der Waals surface area contributed by atoms with Crippen LogP contribution in [0.2, 0.25) is 0 Å². The molecule has 0 fully saturated rings. The second kappa shape index (κ2) is 25.1. The van der Waals surface area contributed by atoms with Gasteiger partial charge in [0.2, 0.25) is 29.5 Å². The Balaban J connectivity index is 0.000000195. The molecule has 1 amide bonds. The maximum absolute atomic E-state index is 11.3.